The summed E-state index contributed by atoms with van der Waals surface area (Å²) in [5.74, 6) is 0. The average Bonchev–Trinajstić information content (AvgIpc) is 2.16. The molecule has 0 aromatic carbocycles. The van der Waals surface area contributed by atoms with Crippen molar-refractivity contribution in [2.75, 3.05) is 13.7 Å². The number of hydrogen-bond donors (Lipinski definition) is 2. The van der Waals surface area contributed by atoms with Gasteiger partial charge < -0.3 is 4.74 Å². The van der Waals surface area contributed by atoms with Crippen molar-refractivity contribution in [3.8, 4) is 0 Å². The molecule has 1 amide bonds. The molecular weight excluding hydrogens is 168 g/mol. The fraction of sp³-hybridized carbons (Fsp3) is 0.889. The lowest BCUT2D eigenvalue weighted by atomic mass is 10.2. The van der Waals surface area contributed by atoms with Crippen LogP contribution in [-0.2, 0) is 4.74 Å². The number of amides is 1. The third-order valence-corrected chi connectivity index (χ3v) is 1.78. The minimum Gasteiger partial charge on any atom is -0.452 e. The van der Waals surface area contributed by atoms with Crippen LogP contribution in [0.3, 0.4) is 0 Å². The first-order chi connectivity index (χ1) is 6.31. The van der Waals surface area contributed by atoms with Crippen molar-refractivity contribution in [1.29, 1.82) is 0 Å². The molecule has 0 aliphatic carbocycles. The largest absolute Gasteiger partial charge is 0.452 e. The topological polar surface area (TPSA) is 50.4 Å². The minimum absolute atomic E-state index is 0.437. The van der Waals surface area contributed by atoms with E-state index in [4.69, 9.17) is 0 Å². The second-order valence-electron chi connectivity index (χ2n) is 2.96. The van der Waals surface area contributed by atoms with Crippen molar-refractivity contribution in [1.82, 2.24) is 10.9 Å². The lowest BCUT2D eigenvalue weighted by Gasteiger charge is -2.04. The summed E-state index contributed by atoms with van der Waals surface area (Å²) >= 11 is 0. The fourth-order valence-corrected chi connectivity index (χ4v) is 1.00. The van der Waals surface area contributed by atoms with E-state index in [1.807, 2.05) is 0 Å². The van der Waals surface area contributed by atoms with Gasteiger partial charge in [-0.25, -0.2) is 10.2 Å². The zero-order valence-corrected chi connectivity index (χ0v) is 8.56. The average molecular weight is 188 g/mol. The van der Waals surface area contributed by atoms with Crippen LogP contribution in [0.4, 0.5) is 4.79 Å². The van der Waals surface area contributed by atoms with Crippen LogP contribution in [0.25, 0.3) is 0 Å². The number of rotatable bonds is 7. The van der Waals surface area contributed by atoms with Gasteiger partial charge in [0.15, 0.2) is 0 Å². The van der Waals surface area contributed by atoms with Gasteiger partial charge in [-0.05, 0) is 6.42 Å². The van der Waals surface area contributed by atoms with E-state index in [1.165, 1.54) is 32.8 Å². The Morgan fingerprint density at radius 1 is 1.23 bits per heavy atom. The first-order valence-corrected chi connectivity index (χ1v) is 4.88. The predicted octanol–water partition coefficient (Wildman–Crippen LogP) is 1.82. The number of hydrazine groups is 1. The van der Waals surface area contributed by atoms with Gasteiger partial charge >= 0.3 is 6.09 Å². The quantitative estimate of drug-likeness (QED) is 0.473. The Labute approximate surface area is 80.0 Å². The summed E-state index contributed by atoms with van der Waals surface area (Å²) in [6.07, 6.45) is 5.69. The van der Waals surface area contributed by atoms with Crippen LogP contribution in [0.2, 0.25) is 0 Å². The number of nitrogens with one attached hydrogen (secondary N) is 2. The normalized spacial score (nSPS) is 9.69. The number of hydrogen-bond acceptors (Lipinski definition) is 3. The van der Waals surface area contributed by atoms with E-state index >= 15 is 0 Å². The van der Waals surface area contributed by atoms with Crippen molar-refractivity contribution in [2.45, 2.75) is 39.0 Å². The Morgan fingerprint density at radius 2 is 1.92 bits per heavy atom. The lowest BCUT2D eigenvalue weighted by Crippen LogP contribution is -2.37. The highest BCUT2D eigenvalue weighted by molar-refractivity contribution is 5.66. The Morgan fingerprint density at radius 3 is 2.54 bits per heavy atom. The zero-order chi connectivity index (χ0) is 9.94. The maximum atomic E-state index is 10.6. The van der Waals surface area contributed by atoms with Crippen LogP contribution in [0, 0.1) is 0 Å². The summed E-state index contributed by atoms with van der Waals surface area (Å²) in [6.45, 7) is 3.00. The highest BCUT2D eigenvalue weighted by Crippen LogP contribution is 2.00. The van der Waals surface area contributed by atoms with Gasteiger partial charge in [0, 0.05) is 6.54 Å². The first-order valence-electron chi connectivity index (χ1n) is 4.88. The smallest absolute Gasteiger partial charge is 0.421 e. The first kappa shape index (κ1) is 12.2. The molecule has 0 heterocycles. The van der Waals surface area contributed by atoms with Crippen LogP contribution in [-0.4, -0.2) is 19.7 Å². The summed E-state index contributed by atoms with van der Waals surface area (Å²) in [5.41, 5.74) is 5.20. The van der Waals surface area contributed by atoms with E-state index in [1.54, 1.807) is 0 Å². The molecule has 2 N–H and O–H groups in total. The molecule has 0 aromatic rings. The van der Waals surface area contributed by atoms with Crippen molar-refractivity contribution in [3.05, 3.63) is 0 Å². The second kappa shape index (κ2) is 9.32. The summed E-state index contributed by atoms with van der Waals surface area (Å²) < 4.78 is 4.38. The number of carbonyl (C=O) groups excluding carboxylic acids is 1. The molecule has 13 heavy (non-hydrogen) atoms. The predicted molar refractivity (Wildman–Crippen MR) is 52.3 cm³/mol. The van der Waals surface area contributed by atoms with E-state index < -0.39 is 6.09 Å². The number of methoxy groups -OCH3 is 1. The third-order valence-electron chi connectivity index (χ3n) is 1.78. The molecule has 0 aromatic heterocycles. The lowest BCUT2D eigenvalue weighted by molar-refractivity contribution is 0.165. The summed E-state index contributed by atoms with van der Waals surface area (Å²) in [5, 5.41) is 0. The van der Waals surface area contributed by atoms with Gasteiger partial charge in [-0.2, -0.15) is 0 Å². The maximum Gasteiger partial charge on any atom is 0.421 e. The van der Waals surface area contributed by atoms with Gasteiger partial charge in [0.2, 0.25) is 0 Å². The summed E-state index contributed by atoms with van der Waals surface area (Å²) in [6, 6.07) is 0. The maximum absolute atomic E-state index is 10.6. The van der Waals surface area contributed by atoms with Gasteiger partial charge in [-0.3, -0.25) is 5.43 Å². The molecule has 0 rings (SSSR count). The van der Waals surface area contributed by atoms with E-state index in [0.717, 1.165) is 13.0 Å². The standard InChI is InChI=1S/C9H20N2O2/c1-3-4-5-6-7-8-10-11-9(12)13-2/h10H,3-8H2,1-2H3,(H,11,12). The fourth-order valence-electron chi connectivity index (χ4n) is 1.00. The molecule has 0 radical (unpaired) electrons. The Kier molecular flexibility index (Phi) is 8.77. The Hall–Kier alpha value is -0.770. The minimum atomic E-state index is -0.437. The van der Waals surface area contributed by atoms with Crippen LogP contribution >= 0.6 is 0 Å². The molecule has 0 fully saturated rings. The molecule has 0 spiro atoms. The molecule has 4 heteroatoms. The number of unbranched alkanes of at least 4 members (excludes halogenated alkanes) is 4. The van der Waals surface area contributed by atoms with Crippen LogP contribution in [0.5, 0.6) is 0 Å². The molecule has 0 atom stereocenters. The molecule has 0 unspecified atom stereocenters. The Bertz CT molecular complexity index is 129. The van der Waals surface area contributed by atoms with E-state index in [-0.39, 0.29) is 0 Å². The van der Waals surface area contributed by atoms with E-state index in [0.29, 0.717) is 0 Å². The SMILES string of the molecule is CCCCCCCNNC(=O)OC. The molecule has 0 bridgehead atoms. The van der Waals surface area contributed by atoms with Crippen LogP contribution in [0.15, 0.2) is 0 Å². The monoisotopic (exact) mass is 188 g/mol. The van der Waals surface area contributed by atoms with Crippen LogP contribution in [0.1, 0.15) is 39.0 Å². The number of ether oxygens (including phenoxy) is 1. The Balaban J connectivity index is 2.95. The molecule has 0 aliphatic rings. The highest BCUT2D eigenvalue weighted by atomic mass is 16.5. The molecule has 4 nitrogen and oxygen atoms in total. The molecule has 0 saturated carbocycles. The van der Waals surface area contributed by atoms with Crippen molar-refractivity contribution >= 4 is 6.09 Å². The van der Waals surface area contributed by atoms with Crippen LogP contribution < -0.4 is 10.9 Å². The zero-order valence-electron chi connectivity index (χ0n) is 8.56. The second-order valence-corrected chi connectivity index (χ2v) is 2.96. The van der Waals surface area contributed by atoms with Gasteiger partial charge in [-0.1, -0.05) is 32.6 Å². The van der Waals surface area contributed by atoms with Crippen molar-refractivity contribution in [2.24, 2.45) is 0 Å². The van der Waals surface area contributed by atoms with Gasteiger partial charge in [0.05, 0.1) is 7.11 Å². The van der Waals surface area contributed by atoms with Crippen molar-refractivity contribution in [3.63, 3.8) is 0 Å². The summed E-state index contributed by atoms with van der Waals surface area (Å²) in [4.78, 5) is 10.6. The van der Waals surface area contributed by atoms with Gasteiger partial charge in [0.1, 0.15) is 0 Å². The molecule has 78 valence electrons. The highest BCUT2D eigenvalue weighted by Gasteiger charge is 1.94. The van der Waals surface area contributed by atoms with Crippen molar-refractivity contribution < 1.29 is 9.53 Å². The number of carbonyl (C=O) groups is 1. The molecule has 0 saturated heterocycles. The van der Waals surface area contributed by atoms with Gasteiger partial charge in [-0.15, -0.1) is 0 Å². The summed E-state index contributed by atoms with van der Waals surface area (Å²) in [7, 11) is 1.35. The molecule has 0 aliphatic heterocycles. The third kappa shape index (κ3) is 9.14. The van der Waals surface area contributed by atoms with E-state index in [9.17, 15) is 4.79 Å². The van der Waals surface area contributed by atoms with Gasteiger partial charge in [0.25, 0.3) is 0 Å². The van der Waals surface area contributed by atoms with E-state index in [2.05, 4.69) is 22.5 Å². The molecular formula is C9H20N2O2.